The summed E-state index contributed by atoms with van der Waals surface area (Å²) in [6.45, 7) is 4.18. The molecular weight excluding hydrogens is 330 g/mol. The van der Waals surface area contributed by atoms with Crippen LogP contribution in [0.3, 0.4) is 0 Å². The molecule has 0 aliphatic carbocycles. The number of piperidine rings is 1. The lowest BCUT2D eigenvalue weighted by atomic mass is 9.98. The number of carbonyl (C=O) groups excluding carboxylic acids is 1. The van der Waals surface area contributed by atoms with Crippen LogP contribution in [0.2, 0.25) is 0 Å². The summed E-state index contributed by atoms with van der Waals surface area (Å²) in [5, 5.41) is 11.1. The number of hydrogen-bond acceptors (Lipinski definition) is 5. The second-order valence-corrected chi connectivity index (χ2v) is 7.15. The van der Waals surface area contributed by atoms with Crippen LogP contribution in [0.1, 0.15) is 19.3 Å². The summed E-state index contributed by atoms with van der Waals surface area (Å²) in [6.07, 6.45) is 8.51. The molecule has 2 aromatic rings. The minimum absolute atomic E-state index is 0.0566. The molecule has 2 unspecified atom stereocenters. The van der Waals surface area contributed by atoms with E-state index in [1.807, 2.05) is 40.2 Å². The SMILES string of the molecule is O=C(NC1CCN(c2ccccn2)C1)N1CCCC(Cn2ccnn2)C1. The van der Waals surface area contributed by atoms with Crippen LogP contribution in [-0.2, 0) is 6.54 Å². The van der Waals surface area contributed by atoms with E-state index in [0.717, 1.165) is 57.8 Å². The molecule has 0 bridgehead atoms. The summed E-state index contributed by atoms with van der Waals surface area (Å²) in [5.74, 6) is 1.42. The molecule has 0 saturated carbocycles. The van der Waals surface area contributed by atoms with Gasteiger partial charge in [-0.15, -0.1) is 5.10 Å². The van der Waals surface area contributed by atoms with Crippen molar-refractivity contribution in [2.75, 3.05) is 31.1 Å². The molecule has 2 aliphatic heterocycles. The Kier molecular flexibility index (Phi) is 4.99. The van der Waals surface area contributed by atoms with E-state index in [2.05, 4.69) is 25.5 Å². The number of likely N-dealkylation sites (tertiary alicyclic amines) is 1. The Bertz CT molecular complexity index is 706. The third kappa shape index (κ3) is 3.95. The van der Waals surface area contributed by atoms with Crippen molar-refractivity contribution in [1.82, 2.24) is 30.2 Å². The fourth-order valence-electron chi connectivity index (χ4n) is 3.89. The zero-order valence-electron chi connectivity index (χ0n) is 14.9. The number of nitrogens with zero attached hydrogens (tertiary/aromatic N) is 6. The summed E-state index contributed by atoms with van der Waals surface area (Å²) in [6, 6.07) is 6.17. The van der Waals surface area contributed by atoms with Crippen molar-refractivity contribution >= 4 is 11.8 Å². The van der Waals surface area contributed by atoms with Crippen molar-refractivity contribution in [2.24, 2.45) is 5.92 Å². The normalized spacial score (nSPS) is 23.2. The van der Waals surface area contributed by atoms with Crippen molar-refractivity contribution in [3.05, 3.63) is 36.8 Å². The Morgan fingerprint density at radius 3 is 2.96 bits per heavy atom. The average molecular weight is 355 g/mol. The molecule has 2 aromatic heterocycles. The number of pyridine rings is 1. The summed E-state index contributed by atoms with van der Waals surface area (Å²) in [7, 11) is 0. The van der Waals surface area contributed by atoms with E-state index >= 15 is 0 Å². The standard InChI is InChI=1S/C18H25N7O/c26-18(21-16-6-10-23(14-16)17-5-1-2-7-19-17)24-9-3-4-15(12-24)13-25-11-8-20-22-25/h1-2,5,7-8,11,15-16H,3-4,6,9-10,12-14H2,(H,21,26). The molecule has 4 heterocycles. The lowest BCUT2D eigenvalue weighted by Crippen LogP contribution is -2.49. The Balaban J connectivity index is 1.28. The van der Waals surface area contributed by atoms with E-state index in [-0.39, 0.29) is 12.1 Å². The maximum absolute atomic E-state index is 12.7. The van der Waals surface area contributed by atoms with Crippen LogP contribution in [-0.4, -0.2) is 63.1 Å². The van der Waals surface area contributed by atoms with Gasteiger partial charge in [0.1, 0.15) is 5.82 Å². The number of urea groups is 1. The molecule has 4 rings (SSSR count). The Morgan fingerprint density at radius 2 is 2.15 bits per heavy atom. The summed E-state index contributed by atoms with van der Waals surface area (Å²) in [5.41, 5.74) is 0. The van der Waals surface area contributed by atoms with E-state index in [1.54, 1.807) is 6.20 Å². The van der Waals surface area contributed by atoms with Crippen LogP contribution in [0.25, 0.3) is 0 Å². The summed E-state index contributed by atoms with van der Waals surface area (Å²) < 4.78 is 1.85. The summed E-state index contributed by atoms with van der Waals surface area (Å²) in [4.78, 5) is 21.3. The molecule has 0 aromatic carbocycles. The smallest absolute Gasteiger partial charge is 0.317 e. The van der Waals surface area contributed by atoms with Crippen LogP contribution in [0.5, 0.6) is 0 Å². The van der Waals surface area contributed by atoms with Crippen LogP contribution in [0.15, 0.2) is 36.8 Å². The summed E-state index contributed by atoms with van der Waals surface area (Å²) >= 11 is 0. The van der Waals surface area contributed by atoms with Gasteiger partial charge in [0, 0.05) is 51.2 Å². The highest BCUT2D eigenvalue weighted by Gasteiger charge is 2.29. The van der Waals surface area contributed by atoms with Crippen LogP contribution in [0, 0.1) is 5.92 Å². The molecule has 8 heteroatoms. The van der Waals surface area contributed by atoms with Gasteiger partial charge in [-0.3, -0.25) is 4.68 Å². The van der Waals surface area contributed by atoms with Crippen LogP contribution < -0.4 is 10.2 Å². The van der Waals surface area contributed by atoms with Gasteiger partial charge in [0.05, 0.1) is 6.20 Å². The first kappa shape index (κ1) is 16.8. The second-order valence-electron chi connectivity index (χ2n) is 7.15. The number of amides is 2. The lowest BCUT2D eigenvalue weighted by Gasteiger charge is -2.33. The molecule has 8 nitrogen and oxygen atoms in total. The van der Waals surface area contributed by atoms with E-state index in [9.17, 15) is 4.79 Å². The fourth-order valence-corrected chi connectivity index (χ4v) is 3.89. The van der Waals surface area contributed by atoms with E-state index < -0.39 is 0 Å². The first-order chi connectivity index (χ1) is 12.8. The number of carbonyl (C=O) groups is 1. The molecule has 0 radical (unpaired) electrons. The van der Waals surface area contributed by atoms with Crippen molar-refractivity contribution in [3.8, 4) is 0 Å². The molecule has 138 valence electrons. The maximum Gasteiger partial charge on any atom is 0.317 e. The quantitative estimate of drug-likeness (QED) is 0.896. The van der Waals surface area contributed by atoms with E-state index in [0.29, 0.717) is 5.92 Å². The van der Waals surface area contributed by atoms with Gasteiger partial charge >= 0.3 is 6.03 Å². The van der Waals surface area contributed by atoms with Crippen molar-refractivity contribution < 1.29 is 4.79 Å². The minimum Gasteiger partial charge on any atom is -0.354 e. The molecule has 2 fully saturated rings. The van der Waals surface area contributed by atoms with Crippen LogP contribution in [0.4, 0.5) is 10.6 Å². The molecule has 26 heavy (non-hydrogen) atoms. The van der Waals surface area contributed by atoms with Gasteiger partial charge in [-0.25, -0.2) is 9.78 Å². The topological polar surface area (TPSA) is 79.2 Å². The minimum atomic E-state index is 0.0566. The number of nitrogens with one attached hydrogen (secondary N) is 1. The van der Waals surface area contributed by atoms with E-state index in [4.69, 9.17) is 0 Å². The molecule has 1 N–H and O–H groups in total. The molecule has 2 aliphatic rings. The first-order valence-electron chi connectivity index (χ1n) is 9.33. The van der Waals surface area contributed by atoms with Crippen molar-refractivity contribution in [3.63, 3.8) is 0 Å². The van der Waals surface area contributed by atoms with Gasteiger partial charge in [-0.1, -0.05) is 11.3 Å². The highest BCUT2D eigenvalue weighted by molar-refractivity contribution is 5.74. The molecule has 2 amide bonds. The molecular formula is C18H25N7O. The van der Waals surface area contributed by atoms with E-state index in [1.165, 1.54) is 0 Å². The van der Waals surface area contributed by atoms with Gasteiger partial charge < -0.3 is 15.1 Å². The third-order valence-corrected chi connectivity index (χ3v) is 5.21. The molecule has 2 atom stereocenters. The van der Waals surface area contributed by atoms with Gasteiger partial charge in [-0.05, 0) is 37.3 Å². The fraction of sp³-hybridized carbons (Fsp3) is 0.556. The Morgan fingerprint density at radius 1 is 1.19 bits per heavy atom. The first-order valence-corrected chi connectivity index (χ1v) is 9.33. The van der Waals surface area contributed by atoms with Crippen molar-refractivity contribution in [2.45, 2.75) is 31.8 Å². The largest absolute Gasteiger partial charge is 0.354 e. The van der Waals surface area contributed by atoms with Gasteiger partial charge in [0.15, 0.2) is 0 Å². The third-order valence-electron chi connectivity index (χ3n) is 5.21. The zero-order chi connectivity index (χ0) is 17.8. The van der Waals surface area contributed by atoms with Gasteiger partial charge in [0.2, 0.25) is 0 Å². The highest BCUT2D eigenvalue weighted by atomic mass is 16.2. The predicted octanol–water partition coefficient (Wildman–Crippen LogP) is 1.37. The maximum atomic E-state index is 12.7. The molecule has 0 spiro atoms. The monoisotopic (exact) mass is 355 g/mol. The number of anilines is 1. The highest BCUT2D eigenvalue weighted by Crippen LogP contribution is 2.20. The Labute approximate surface area is 153 Å². The predicted molar refractivity (Wildman–Crippen MR) is 97.7 cm³/mol. The number of hydrogen-bond donors (Lipinski definition) is 1. The molecule has 2 saturated heterocycles. The van der Waals surface area contributed by atoms with Crippen molar-refractivity contribution in [1.29, 1.82) is 0 Å². The van der Waals surface area contributed by atoms with Gasteiger partial charge in [0.25, 0.3) is 0 Å². The van der Waals surface area contributed by atoms with Gasteiger partial charge in [-0.2, -0.15) is 0 Å². The number of rotatable bonds is 4. The Hall–Kier alpha value is -2.64. The number of aromatic nitrogens is 4. The lowest BCUT2D eigenvalue weighted by molar-refractivity contribution is 0.155. The second kappa shape index (κ2) is 7.72. The van der Waals surface area contributed by atoms with Crippen LogP contribution >= 0.6 is 0 Å². The average Bonchev–Trinajstić information content (AvgIpc) is 3.35. The zero-order valence-corrected chi connectivity index (χ0v) is 14.9.